The van der Waals surface area contributed by atoms with Gasteiger partial charge in [0.1, 0.15) is 11.5 Å². The first kappa shape index (κ1) is 17.9. The lowest BCUT2D eigenvalue weighted by molar-refractivity contribution is 0.0600. The van der Waals surface area contributed by atoms with Crippen LogP contribution in [0.2, 0.25) is 0 Å². The van der Waals surface area contributed by atoms with Crippen LogP contribution in [0.5, 0.6) is 11.5 Å². The van der Waals surface area contributed by atoms with E-state index in [0.29, 0.717) is 29.2 Å². The molecule has 2 aromatic carbocycles. The first-order chi connectivity index (χ1) is 13.1. The zero-order valence-electron chi connectivity index (χ0n) is 14.4. The second-order valence-electron chi connectivity index (χ2n) is 5.69. The summed E-state index contributed by atoms with van der Waals surface area (Å²) in [5.41, 5.74) is 1.92. The maximum absolute atomic E-state index is 11.7. The third-order valence-corrected chi connectivity index (χ3v) is 3.71. The van der Waals surface area contributed by atoms with Crippen molar-refractivity contribution in [2.24, 2.45) is 0 Å². The molecule has 3 aromatic rings. The molecule has 1 aromatic heterocycles. The molecule has 0 aliphatic carbocycles. The summed E-state index contributed by atoms with van der Waals surface area (Å²) in [6, 6.07) is 16.9. The monoisotopic (exact) mass is 361 g/mol. The molecule has 7 heteroatoms. The first-order valence-electron chi connectivity index (χ1n) is 8.02. The van der Waals surface area contributed by atoms with E-state index in [9.17, 15) is 9.59 Å². The summed E-state index contributed by atoms with van der Waals surface area (Å²) >= 11 is 0. The van der Waals surface area contributed by atoms with E-state index in [0.717, 1.165) is 5.56 Å². The number of rotatable bonds is 5. The van der Waals surface area contributed by atoms with E-state index in [-0.39, 0.29) is 11.1 Å². The number of carbonyl (C=O) groups is 1. The van der Waals surface area contributed by atoms with E-state index in [1.54, 1.807) is 18.2 Å². The van der Waals surface area contributed by atoms with E-state index in [4.69, 9.17) is 14.7 Å². The second-order valence-corrected chi connectivity index (χ2v) is 5.69. The molecule has 0 bridgehead atoms. The average molecular weight is 361 g/mol. The van der Waals surface area contributed by atoms with Gasteiger partial charge in [-0.2, -0.15) is 10.4 Å². The third kappa shape index (κ3) is 4.58. The molecule has 0 amide bonds. The minimum Gasteiger partial charge on any atom is -0.465 e. The standard InChI is InChI=1S/C20H15N3O4/c1-26-20(25)15-7-14(12-21)10-18(11-15)27-17-4-2-3-13(9-17)8-16-5-6-19(24)23-22-16/h2-7,9-11H,8H2,1H3,(H,23,24). The number of nitriles is 1. The molecule has 0 fully saturated rings. The topological polar surface area (TPSA) is 105 Å². The van der Waals surface area contributed by atoms with Gasteiger partial charge in [0.25, 0.3) is 5.56 Å². The van der Waals surface area contributed by atoms with E-state index in [1.807, 2.05) is 24.3 Å². The number of H-pyrrole nitrogens is 1. The lowest BCUT2D eigenvalue weighted by Crippen LogP contribution is -2.07. The Morgan fingerprint density at radius 1 is 1.15 bits per heavy atom. The van der Waals surface area contributed by atoms with Crippen LogP contribution >= 0.6 is 0 Å². The molecular weight excluding hydrogens is 346 g/mol. The van der Waals surface area contributed by atoms with Gasteiger partial charge in [-0.25, -0.2) is 9.89 Å². The summed E-state index contributed by atoms with van der Waals surface area (Å²) in [6.07, 6.45) is 0.514. The summed E-state index contributed by atoms with van der Waals surface area (Å²) in [5, 5.41) is 15.5. The Bertz CT molecular complexity index is 1060. The van der Waals surface area contributed by atoms with E-state index in [1.165, 1.54) is 25.3 Å². The highest BCUT2D eigenvalue weighted by molar-refractivity contribution is 5.90. The molecule has 0 atom stereocenters. The van der Waals surface area contributed by atoms with Crippen molar-refractivity contribution in [2.75, 3.05) is 7.11 Å². The predicted octanol–water partition coefficient (Wildman–Crippen LogP) is 2.81. The third-order valence-electron chi connectivity index (χ3n) is 3.71. The molecule has 0 unspecified atom stereocenters. The van der Waals surface area contributed by atoms with Crippen LogP contribution in [0, 0.1) is 11.3 Å². The molecule has 0 spiro atoms. The number of carbonyl (C=O) groups excluding carboxylic acids is 1. The number of hydrogen-bond donors (Lipinski definition) is 1. The van der Waals surface area contributed by atoms with Gasteiger partial charge in [-0.1, -0.05) is 12.1 Å². The van der Waals surface area contributed by atoms with Crippen molar-refractivity contribution in [1.29, 1.82) is 5.26 Å². The summed E-state index contributed by atoms with van der Waals surface area (Å²) in [4.78, 5) is 22.8. The molecule has 0 saturated carbocycles. The van der Waals surface area contributed by atoms with Crippen molar-refractivity contribution in [1.82, 2.24) is 10.2 Å². The van der Waals surface area contributed by atoms with Crippen LogP contribution in [-0.4, -0.2) is 23.3 Å². The summed E-state index contributed by atoms with van der Waals surface area (Å²) < 4.78 is 10.5. The van der Waals surface area contributed by atoms with Crippen LogP contribution < -0.4 is 10.3 Å². The molecule has 0 saturated heterocycles. The highest BCUT2D eigenvalue weighted by Crippen LogP contribution is 2.25. The second kappa shape index (κ2) is 7.97. The molecular formula is C20H15N3O4. The van der Waals surface area contributed by atoms with Gasteiger partial charge in [0.2, 0.25) is 0 Å². The average Bonchev–Trinajstić information content (AvgIpc) is 2.69. The van der Waals surface area contributed by atoms with Gasteiger partial charge >= 0.3 is 5.97 Å². The number of hydrogen-bond acceptors (Lipinski definition) is 6. The Hall–Kier alpha value is -3.92. The van der Waals surface area contributed by atoms with Crippen LogP contribution in [0.25, 0.3) is 0 Å². The molecule has 1 N–H and O–H groups in total. The number of methoxy groups -OCH3 is 1. The van der Waals surface area contributed by atoms with Gasteiger partial charge in [0, 0.05) is 12.5 Å². The Labute approximate surface area is 154 Å². The van der Waals surface area contributed by atoms with Gasteiger partial charge < -0.3 is 9.47 Å². The van der Waals surface area contributed by atoms with E-state index >= 15 is 0 Å². The van der Waals surface area contributed by atoms with Gasteiger partial charge in [0.05, 0.1) is 30.0 Å². The fourth-order valence-corrected chi connectivity index (χ4v) is 2.49. The molecule has 0 aliphatic rings. The molecule has 7 nitrogen and oxygen atoms in total. The van der Waals surface area contributed by atoms with Crippen LogP contribution in [0.1, 0.15) is 27.2 Å². The first-order valence-corrected chi connectivity index (χ1v) is 8.02. The molecule has 134 valence electrons. The molecule has 0 radical (unpaired) electrons. The van der Waals surface area contributed by atoms with E-state index < -0.39 is 5.97 Å². The highest BCUT2D eigenvalue weighted by atomic mass is 16.5. The Morgan fingerprint density at radius 3 is 2.70 bits per heavy atom. The van der Waals surface area contributed by atoms with Crippen LogP contribution in [0.4, 0.5) is 0 Å². The van der Waals surface area contributed by atoms with E-state index in [2.05, 4.69) is 10.2 Å². The lowest BCUT2D eigenvalue weighted by Gasteiger charge is -2.09. The molecule has 0 aliphatic heterocycles. The predicted molar refractivity (Wildman–Crippen MR) is 96.7 cm³/mol. The summed E-state index contributed by atoms with van der Waals surface area (Å²) in [5.74, 6) is 0.353. The summed E-state index contributed by atoms with van der Waals surface area (Å²) in [7, 11) is 1.27. The van der Waals surface area contributed by atoms with Crippen molar-refractivity contribution >= 4 is 5.97 Å². The fraction of sp³-hybridized carbons (Fsp3) is 0.100. The van der Waals surface area contributed by atoms with Crippen molar-refractivity contribution in [3.63, 3.8) is 0 Å². The Morgan fingerprint density at radius 2 is 2.00 bits per heavy atom. The zero-order chi connectivity index (χ0) is 19.2. The normalized spacial score (nSPS) is 10.1. The SMILES string of the molecule is COC(=O)c1cc(C#N)cc(Oc2cccc(Cc3ccc(=O)[nH]n3)c2)c1. The minimum atomic E-state index is -0.546. The zero-order valence-corrected chi connectivity index (χ0v) is 14.4. The largest absolute Gasteiger partial charge is 0.465 e. The molecule has 27 heavy (non-hydrogen) atoms. The molecule has 1 heterocycles. The fourth-order valence-electron chi connectivity index (χ4n) is 2.49. The number of esters is 1. The van der Waals surface area contributed by atoms with Gasteiger partial charge in [0.15, 0.2) is 0 Å². The number of aromatic amines is 1. The van der Waals surface area contributed by atoms with Crippen LogP contribution in [0.3, 0.4) is 0 Å². The maximum Gasteiger partial charge on any atom is 0.338 e. The van der Waals surface area contributed by atoms with Gasteiger partial charge in [-0.05, 0) is 42.0 Å². The smallest absolute Gasteiger partial charge is 0.338 e. The number of benzene rings is 2. The van der Waals surface area contributed by atoms with Gasteiger partial charge in [-0.3, -0.25) is 4.79 Å². The Kier molecular flexibility index (Phi) is 5.28. The number of nitrogens with zero attached hydrogens (tertiary/aromatic N) is 2. The summed E-state index contributed by atoms with van der Waals surface area (Å²) in [6.45, 7) is 0. The van der Waals surface area contributed by atoms with Crippen LogP contribution in [0.15, 0.2) is 59.4 Å². The number of ether oxygens (including phenoxy) is 2. The van der Waals surface area contributed by atoms with Crippen molar-refractivity contribution in [3.05, 3.63) is 87.3 Å². The van der Waals surface area contributed by atoms with Crippen molar-refractivity contribution in [3.8, 4) is 17.6 Å². The van der Waals surface area contributed by atoms with Crippen molar-refractivity contribution in [2.45, 2.75) is 6.42 Å². The maximum atomic E-state index is 11.7. The molecule has 3 rings (SSSR count). The highest BCUT2D eigenvalue weighted by Gasteiger charge is 2.10. The minimum absolute atomic E-state index is 0.236. The Balaban J connectivity index is 1.84. The van der Waals surface area contributed by atoms with Gasteiger partial charge in [-0.15, -0.1) is 0 Å². The lowest BCUT2D eigenvalue weighted by atomic mass is 10.1. The number of aromatic nitrogens is 2. The quantitative estimate of drug-likeness (QED) is 0.701. The van der Waals surface area contributed by atoms with Crippen molar-refractivity contribution < 1.29 is 14.3 Å². The van der Waals surface area contributed by atoms with Crippen LogP contribution in [-0.2, 0) is 11.2 Å². The number of nitrogens with one attached hydrogen (secondary N) is 1.